The number of hydrogen-bond acceptors (Lipinski definition) is 0. The van der Waals surface area contributed by atoms with Crippen molar-refractivity contribution in [2.45, 2.75) is 19.8 Å². The van der Waals surface area contributed by atoms with Gasteiger partial charge in [0.25, 0.3) is 0 Å². The molecule has 0 spiro atoms. The van der Waals surface area contributed by atoms with Crippen LogP contribution in [0.4, 0.5) is 0 Å². The quantitative estimate of drug-likeness (QED) is 0.640. The van der Waals surface area contributed by atoms with Gasteiger partial charge >= 0.3 is 0 Å². The summed E-state index contributed by atoms with van der Waals surface area (Å²) < 4.78 is 0. The predicted molar refractivity (Wildman–Crippen MR) is 80.1 cm³/mol. The molecular weight excluding hydrogens is 240 g/mol. The van der Waals surface area contributed by atoms with Crippen LogP contribution in [0.3, 0.4) is 0 Å². The SMILES string of the molecule is C=CCCc1cccc(-c2ccc(Cl)cc2C)c1. The van der Waals surface area contributed by atoms with Crippen molar-refractivity contribution in [3.63, 3.8) is 0 Å². The van der Waals surface area contributed by atoms with Crippen LogP contribution in [-0.4, -0.2) is 0 Å². The molecule has 0 atom stereocenters. The zero-order valence-electron chi connectivity index (χ0n) is 10.6. The first-order valence-corrected chi connectivity index (χ1v) is 6.55. The summed E-state index contributed by atoms with van der Waals surface area (Å²) >= 11 is 5.99. The minimum atomic E-state index is 0.791. The number of allylic oxidation sites excluding steroid dienone is 1. The minimum absolute atomic E-state index is 0.791. The highest BCUT2D eigenvalue weighted by molar-refractivity contribution is 6.30. The molecule has 18 heavy (non-hydrogen) atoms. The third-order valence-electron chi connectivity index (χ3n) is 3.06. The lowest BCUT2D eigenvalue weighted by atomic mass is 9.98. The Kier molecular flexibility index (Phi) is 4.22. The second-order valence-electron chi connectivity index (χ2n) is 4.49. The molecule has 92 valence electrons. The molecule has 2 rings (SSSR count). The molecule has 0 saturated heterocycles. The van der Waals surface area contributed by atoms with Gasteiger partial charge in [-0.2, -0.15) is 0 Å². The average Bonchev–Trinajstić information content (AvgIpc) is 2.36. The van der Waals surface area contributed by atoms with Gasteiger partial charge in [0, 0.05) is 5.02 Å². The van der Waals surface area contributed by atoms with Gasteiger partial charge in [0.05, 0.1) is 0 Å². The minimum Gasteiger partial charge on any atom is -0.103 e. The van der Waals surface area contributed by atoms with E-state index in [4.69, 9.17) is 11.6 Å². The molecule has 0 fully saturated rings. The normalized spacial score (nSPS) is 10.3. The molecule has 0 aromatic heterocycles. The highest BCUT2D eigenvalue weighted by Crippen LogP contribution is 2.26. The first-order chi connectivity index (χ1) is 8.70. The first-order valence-electron chi connectivity index (χ1n) is 6.17. The van der Waals surface area contributed by atoms with Gasteiger partial charge in [0.2, 0.25) is 0 Å². The van der Waals surface area contributed by atoms with Gasteiger partial charge < -0.3 is 0 Å². The highest BCUT2D eigenvalue weighted by Gasteiger charge is 2.03. The van der Waals surface area contributed by atoms with Crippen LogP contribution in [0.25, 0.3) is 11.1 Å². The number of aryl methyl sites for hydroxylation is 2. The number of halogens is 1. The molecule has 0 aliphatic rings. The van der Waals surface area contributed by atoms with E-state index < -0.39 is 0 Å². The Morgan fingerprint density at radius 2 is 2.00 bits per heavy atom. The third kappa shape index (κ3) is 3.02. The second kappa shape index (κ2) is 5.88. The monoisotopic (exact) mass is 256 g/mol. The third-order valence-corrected chi connectivity index (χ3v) is 3.30. The fourth-order valence-electron chi connectivity index (χ4n) is 2.11. The molecule has 0 radical (unpaired) electrons. The summed E-state index contributed by atoms with van der Waals surface area (Å²) in [6.45, 7) is 5.86. The summed E-state index contributed by atoms with van der Waals surface area (Å²) in [5.74, 6) is 0. The standard InChI is InChI=1S/C17H17Cl/c1-3-4-6-14-7-5-8-15(12-14)17-10-9-16(18)11-13(17)2/h3,5,7-12H,1,4,6H2,2H3. The van der Waals surface area contributed by atoms with E-state index in [-0.39, 0.29) is 0 Å². The Morgan fingerprint density at radius 1 is 1.17 bits per heavy atom. The van der Waals surface area contributed by atoms with Crippen LogP contribution >= 0.6 is 11.6 Å². The fourth-order valence-corrected chi connectivity index (χ4v) is 2.34. The Balaban J connectivity index is 2.35. The van der Waals surface area contributed by atoms with Crippen molar-refractivity contribution in [1.82, 2.24) is 0 Å². The van der Waals surface area contributed by atoms with Crippen molar-refractivity contribution >= 4 is 11.6 Å². The van der Waals surface area contributed by atoms with Gasteiger partial charge in [0.1, 0.15) is 0 Å². The molecule has 0 bridgehead atoms. The van der Waals surface area contributed by atoms with Gasteiger partial charge in [-0.3, -0.25) is 0 Å². The van der Waals surface area contributed by atoms with Gasteiger partial charge in [-0.1, -0.05) is 48.0 Å². The summed E-state index contributed by atoms with van der Waals surface area (Å²) in [7, 11) is 0. The van der Waals surface area contributed by atoms with E-state index in [9.17, 15) is 0 Å². The summed E-state index contributed by atoms with van der Waals surface area (Å²) in [4.78, 5) is 0. The van der Waals surface area contributed by atoms with Crippen molar-refractivity contribution in [2.24, 2.45) is 0 Å². The summed E-state index contributed by atoms with van der Waals surface area (Å²) in [6, 6.07) is 14.7. The van der Waals surface area contributed by atoms with E-state index in [1.54, 1.807) is 0 Å². The van der Waals surface area contributed by atoms with Crippen LogP contribution in [0.1, 0.15) is 17.5 Å². The van der Waals surface area contributed by atoms with E-state index in [1.165, 1.54) is 22.3 Å². The Bertz CT molecular complexity index is 555. The molecular formula is C17H17Cl. The zero-order chi connectivity index (χ0) is 13.0. The second-order valence-corrected chi connectivity index (χ2v) is 4.92. The molecule has 0 unspecified atom stereocenters. The van der Waals surface area contributed by atoms with Gasteiger partial charge in [-0.25, -0.2) is 0 Å². The van der Waals surface area contributed by atoms with Crippen LogP contribution in [0.2, 0.25) is 5.02 Å². The van der Waals surface area contributed by atoms with E-state index in [0.717, 1.165) is 17.9 Å². The number of benzene rings is 2. The molecule has 2 aromatic rings. The molecule has 0 aliphatic heterocycles. The Hall–Kier alpha value is -1.53. The Labute approximate surface area is 114 Å². The van der Waals surface area contributed by atoms with Crippen LogP contribution < -0.4 is 0 Å². The summed E-state index contributed by atoms with van der Waals surface area (Å²) in [5.41, 5.74) is 5.07. The summed E-state index contributed by atoms with van der Waals surface area (Å²) in [5, 5.41) is 0.791. The lowest BCUT2D eigenvalue weighted by molar-refractivity contribution is 1.00. The predicted octanol–water partition coefficient (Wildman–Crippen LogP) is 5.43. The van der Waals surface area contributed by atoms with Crippen molar-refractivity contribution in [3.8, 4) is 11.1 Å². The van der Waals surface area contributed by atoms with Crippen molar-refractivity contribution in [1.29, 1.82) is 0 Å². The largest absolute Gasteiger partial charge is 0.103 e. The van der Waals surface area contributed by atoms with Gasteiger partial charge in [-0.15, -0.1) is 6.58 Å². The van der Waals surface area contributed by atoms with Crippen molar-refractivity contribution in [3.05, 3.63) is 71.3 Å². The van der Waals surface area contributed by atoms with Crippen LogP contribution in [0.15, 0.2) is 55.1 Å². The average molecular weight is 257 g/mol. The molecule has 0 aliphatic carbocycles. The molecule has 0 amide bonds. The molecule has 1 heteroatoms. The van der Waals surface area contributed by atoms with E-state index in [1.807, 2.05) is 18.2 Å². The van der Waals surface area contributed by atoms with E-state index >= 15 is 0 Å². The fraction of sp³-hybridized carbons (Fsp3) is 0.176. The molecule has 0 nitrogen and oxygen atoms in total. The first kappa shape index (κ1) is 12.9. The molecule has 0 N–H and O–H groups in total. The number of rotatable bonds is 4. The highest BCUT2D eigenvalue weighted by atomic mass is 35.5. The van der Waals surface area contributed by atoms with Crippen molar-refractivity contribution in [2.75, 3.05) is 0 Å². The maximum Gasteiger partial charge on any atom is 0.0409 e. The van der Waals surface area contributed by atoms with Gasteiger partial charge in [0.15, 0.2) is 0 Å². The van der Waals surface area contributed by atoms with Crippen LogP contribution in [0.5, 0.6) is 0 Å². The molecule has 0 heterocycles. The van der Waals surface area contributed by atoms with Gasteiger partial charge in [-0.05, 0) is 54.2 Å². The van der Waals surface area contributed by atoms with Crippen molar-refractivity contribution < 1.29 is 0 Å². The maximum absolute atomic E-state index is 5.99. The zero-order valence-corrected chi connectivity index (χ0v) is 11.4. The maximum atomic E-state index is 5.99. The van der Waals surface area contributed by atoms with E-state index in [2.05, 4.69) is 43.8 Å². The summed E-state index contributed by atoms with van der Waals surface area (Å²) in [6.07, 6.45) is 4.02. The smallest absolute Gasteiger partial charge is 0.0409 e. The number of hydrogen-bond donors (Lipinski definition) is 0. The lowest BCUT2D eigenvalue weighted by Crippen LogP contribution is -1.87. The van der Waals surface area contributed by atoms with Crippen LogP contribution in [-0.2, 0) is 6.42 Å². The topological polar surface area (TPSA) is 0 Å². The molecule has 2 aromatic carbocycles. The van der Waals surface area contributed by atoms with E-state index in [0.29, 0.717) is 0 Å². The molecule has 0 saturated carbocycles. The Morgan fingerprint density at radius 3 is 2.72 bits per heavy atom. The van der Waals surface area contributed by atoms with Crippen LogP contribution in [0, 0.1) is 6.92 Å². The lowest BCUT2D eigenvalue weighted by Gasteiger charge is -2.08.